The minimum Gasteiger partial charge on any atom is -1.00 e. The summed E-state index contributed by atoms with van der Waals surface area (Å²) >= 11 is 4.89. The molecule has 10 heterocycles. The van der Waals surface area contributed by atoms with Gasteiger partial charge in [0, 0.05) is 100 Å². The minimum absolute atomic E-state index is 0. The van der Waals surface area contributed by atoms with Gasteiger partial charge in [-0.25, -0.2) is 4.99 Å². The second kappa shape index (κ2) is 61.5. The first-order chi connectivity index (χ1) is 65.7. The molecular formula is C102H124B2F9IN9O14S3. The Bertz CT molecular complexity index is 5800. The number of hydrogen-bond donors (Lipinski definition) is 6. The summed E-state index contributed by atoms with van der Waals surface area (Å²) in [5, 5.41) is 49.5. The zero-order chi connectivity index (χ0) is 102. The normalized spacial score (nSPS) is 12.9. The van der Waals surface area contributed by atoms with Crippen molar-refractivity contribution in [2.24, 2.45) is 4.99 Å². The molecule has 1 radical (unpaired) electrons. The van der Waals surface area contributed by atoms with Gasteiger partial charge in [-0.3, -0.25) is 19.2 Å². The number of quaternary nitrogens is 3. The zero-order valence-corrected chi connectivity index (χ0v) is 84.5. The van der Waals surface area contributed by atoms with Crippen LogP contribution in [-0.2, 0) is 30.6 Å². The quantitative estimate of drug-likeness (QED) is 0.00240. The summed E-state index contributed by atoms with van der Waals surface area (Å²) in [5.74, 6) is -0.308. The Morgan fingerprint density at radius 1 is 0.543 bits per heavy atom. The number of allylic oxidation sites excluding steroid dienone is 4. The molecule has 3 aromatic carbocycles. The molecule has 0 saturated heterocycles. The molecule has 7 aromatic heterocycles. The largest absolute Gasteiger partial charge is 1.00 e. The number of aliphatic carboxylic acids is 3. The van der Waals surface area contributed by atoms with E-state index < -0.39 is 37.0 Å². The minimum atomic E-state index is -4.16. The number of halogens is 10. The highest BCUT2D eigenvalue weighted by Crippen LogP contribution is 2.41. The SMILES string of the molecule is C.C[B]F.C[N+](C)(C)CCCc1cc(-c2cccs2)[nH]c1C=O.Cc1c[nH]c(/C=C/c2ccc(OCCCC(=O)O)cc2)c1.Cc1cc(/C=C/c2ccc(OCCCC(=O)O)cc2)[nH]c1C=C1N=C(c2cccs2)C=C1CCC[N+](C)(C)C.Cc1cc(/C=C/c2ccc(OCCCC(=O)O)cc2)n2c1C=C1C(CCC[N+](C)(C)C)=CC(c3cccs3)=[N+]1[B-]2(F)F.FF.[I-].[O-]OC=C(F)F.[O-]OC=C(F)F. The summed E-state index contributed by atoms with van der Waals surface area (Å²) in [7, 11) is 20.2. The van der Waals surface area contributed by atoms with Crippen molar-refractivity contribution in [3.63, 3.8) is 0 Å². The molecule has 140 heavy (non-hydrogen) atoms. The summed E-state index contributed by atoms with van der Waals surface area (Å²) < 4.78 is 124. The topological polar surface area (TPSA) is 289 Å². The summed E-state index contributed by atoms with van der Waals surface area (Å²) in [6, 6.07) is 43.1. The zero-order valence-electron chi connectivity index (χ0n) is 79.9. The van der Waals surface area contributed by atoms with E-state index in [2.05, 4.69) is 161 Å². The standard InChI is InChI=1S/C32H36BF2N3O3S.C32H37N3O3S.C17H19NO3.C15H20N2OS.2C2H2F2O2.CH3BF.CH4.F2.HI/c1-23-20-26(14-11-24-12-15-27(16-13-24)41-18-6-10-32(39)40)36-28(23)22-29-25(8-5-17-38(2,3)4)21-30(31-9-7-19-42-31)37(29)33(36,34)35;1-23-20-26(14-11-24-12-15-27(16-13-24)38-18-6-10-32(36)37)33-28(23)22-29-25(8-5-17-35(2,3)4)21-30(34-29)31-9-7-19-39-31;1-13-11-15(18-12-13)7-4-14-5-8-16(9-6-14)21-10-2-3-17(19)20;1-17(2,3)8-4-6-12-10-13(16-14(12)11-18)15-7-5-9-19-15;2*3-2(4)1-6-5;1-2-3;;1-2;/h7,9,11-16,19-22H,5-6,8,10,17-18H2,1-4H3;7,9,11-16,19-22H,5-6,8,10,17-18H2,1-4H3,(H-,33,34,36,37);4-9,11-12,18H,2-3,10H2,1H3,(H,19,20);5,7,9-11H,4,6,8H2,1-3H3;2*1,5H;1H3;1H4;;1H/b2*14-11+;7-4+;;;;;;;. The van der Waals surface area contributed by atoms with E-state index in [1.54, 1.807) is 40.9 Å². The second-order valence-electron chi connectivity index (χ2n) is 34.7. The van der Waals surface area contributed by atoms with Crippen LogP contribution in [0.4, 0.5) is 39.7 Å². The summed E-state index contributed by atoms with van der Waals surface area (Å²) in [6.07, 6.45) is 25.9. The number of rotatable bonds is 40. The number of aromatic nitrogens is 4. The lowest BCUT2D eigenvalue weighted by molar-refractivity contribution is -0.870. The molecule has 6 N–H and O–H groups in total. The third-order valence-corrected chi connectivity index (χ3v) is 23.0. The molecule has 38 heteroatoms. The van der Waals surface area contributed by atoms with Crippen molar-refractivity contribution in [1.82, 2.24) is 19.4 Å². The van der Waals surface area contributed by atoms with Crippen molar-refractivity contribution >= 4 is 133 Å². The fourth-order valence-electron chi connectivity index (χ4n) is 14.0. The van der Waals surface area contributed by atoms with Crippen LogP contribution in [-0.4, -0.2) is 206 Å². The number of carboxylic acid groups (broad SMARTS) is 3. The molecule has 0 spiro atoms. The fourth-order valence-corrected chi connectivity index (χ4v) is 16.1. The first kappa shape index (κ1) is 120. The molecule has 0 saturated carbocycles. The van der Waals surface area contributed by atoms with Gasteiger partial charge in [-0.15, -0.1) is 34.0 Å². The van der Waals surface area contributed by atoms with E-state index in [4.69, 9.17) is 54.2 Å². The number of aliphatic imine (C=N–C) groups is 1. The average molecular weight is 2120 g/mol. The number of thiophene rings is 3. The van der Waals surface area contributed by atoms with E-state index in [-0.39, 0.29) is 63.2 Å². The molecule has 13 rings (SSSR count). The van der Waals surface area contributed by atoms with Gasteiger partial charge >= 0.3 is 44.6 Å². The Hall–Kier alpha value is -12.0. The monoisotopic (exact) mass is 2110 g/mol. The number of H-pyrrole nitrogens is 3. The summed E-state index contributed by atoms with van der Waals surface area (Å²) in [6.45, 7) is 7.55. The van der Waals surface area contributed by atoms with Gasteiger partial charge in [0.25, 0.3) is 0 Å². The maximum absolute atomic E-state index is 16.7. The predicted octanol–water partition coefficient (Wildman–Crippen LogP) is 19.9. The summed E-state index contributed by atoms with van der Waals surface area (Å²) in [5.41, 5.74) is 18.8. The van der Waals surface area contributed by atoms with Crippen molar-refractivity contribution in [2.75, 3.05) is 103 Å². The van der Waals surface area contributed by atoms with Gasteiger partial charge < -0.3 is 124 Å². The number of aromatic amines is 3. The third-order valence-electron chi connectivity index (χ3n) is 20.3. The van der Waals surface area contributed by atoms with Crippen LogP contribution in [0.1, 0.15) is 166 Å². The van der Waals surface area contributed by atoms with E-state index in [0.29, 0.717) is 75.2 Å². The number of ether oxygens (including phenoxy) is 3. The first-order valence-corrected chi connectivity index (χ1v) is 46.7. The van der Waals surface area contributed by atoms with Crippen LogP contribution in [0.15, 0.2) is 220 Å². The maximum atomic E-state index is 16.7. The van der Waals surface area contributed by atoms with Crippen LogP contribution in [0.5, 0.6) is 17.2 Å². The number of aryl methyl sites for hydroxylation is 4. The Balaban J connectivity index is 0.000000381. The lowest BCUT2D eigenvalue weighted by Gasteiger charge is -2.31. The molecule has 0 atom stereocenters. The Kier molecular flexibility index (Phi) is 52.9. The highest BCUT2D eigenvalue weighted by Gasteiger charge is 2.54. The number of fused-ring (bicyclic) bond motifs is 2. The molecule has 0 fully saturated rings. The second-order valence-corrected chi connectivity index (χ2v) is 37.5. The van der Waals surface area contributed by atoms with Crippen LogP contribution in [0, 0.1) is 20.8 Å². The Labute approximate surface area is 842 Å². The van der Waals surface area contributed by atoms with Gasteiger partial charge in [0.1, 0.15) is 29.8 Å². The van der Waals surface area contributed by atoms with Crippen molar-refractivity contribution in [3.05, 3.63) is 298 Å². The third kappa shape index (κ3) is 43.4. The molecule has 755 valence electrons. The van der Waals surface area contributed by atoms with Gasteiger partial charge in [0.15, 0.2) is 17.7 Å². The van der Waals surface area contributed by atoms with Gasteiger partial charge in [0.2, 0.25) is 0 Å². The lowest BCUT2D eigenvalue weighted by Crippen LogP contribution is -3.00. The van der Waals surface area contributed by atoms with Crippen LogP contribution < -0.4 is 48.7 Å². The molecule has 0 unspecified atom stereocenters. The van der Waals surface area contributed by atoms with E-state index in [9.17, 15) is 41.1 Å². The molecule has 0 bridgehead atoms. The van der Waals surface area contributed by atoms with Crippen molar-refractivity contribution in [3.8, 4) is 27.8 Å². The smallest absolute Gasteiger partial charge is 0.737 e. The van der Waals surface area contributed by atoms with Crippen LogP contribution in [0.2, 0.25) is 6.82 Å². The van der Waals surface area contributed by atoms with E-state index in [1.807, 2.05) is 146 Å². The maximum Gasteiger partial charge on any atom is 0.737 e. The number of hydrogen-bond acceptors (Lipinski definition) is 15. The van der Waals surface area contributed by atoms with Gasteiger partial charge in [-0.05, 0) is 229 Å². The molecule has 0 amide bonds. The molecule has 3 aliphatic rings. The van der Waals surface area contributed by atoms with Crippen molar-refractivity contribution in [1.29, 1.82) is 0 Å². The summed E-state index contributed by atoms with van der Waals surface area (Å²) in [4.78, 5) is 66.3. The highest BCUT2D eigenvalue weighted by atomic mass is 127. The van der Waals surface area contributed by atoms with Gasteiger partial charge in [-0.2, -0.15) is 17.6 Å². The Morgan fingerprint density at radius 3 is 1.39 bits per heavy atom. The average Bonchev–Trinajstić information content (AvgIpc) is 1.55. The van der Waals surface area contributed by atoms with Crippen LogP contribution in [0.25, 0.3) is 59.2 Å². The van der Waals surface area contributed by atoms with E-state index in [1.165, 1.54) is 53.6 Å². The van der Waals surface area contributed by atoms with E-state index >= 15 is 8.63 Å². The number of carbonyl (C=O) groups excluding carboxylic acids is 1. The first-order valence-electron chi connectivity index (χ1n) is 44.1. The van der Waals surface area contributed by atoms with Crippen molar-refractivity contribution in [2.45, 2.75) is 112 Å². The molecule has 10 aromatic rings. The number of nitrogens with zero attached hydrogens (tertiary/aromatic N) is 6. The Morgan fingerprint density at radius 2 is 0.979 bits per heavy atom. The van der Waals surface area contributed by atoms with Crippen LogP contribution in [0.3, 0.4) is 0 Å². The number of carboxylic acids is 3. The number of benzene rings is 3. The number of aldehydes is 1. The fraction of sp³-hybridized carbons (Fsp3) is 0.314. The molecule has 3 aliphatic heterocycles. The highest BCUT2D eigenvalue weighted by molar-refractivity contribution is 7.13. The van der Waals surface area contributed by atoms with Crippen molar-refractivity contribution < 1.29 is 151 Å². The van der Waals surface area contributed by atoms with Gasteiger partial charge in [-0.1, -0.05) is 87.1 Å². The number of nitrogens with one attached hydrogen (secondary N) is 3. The predicted molar refractivity (Wildman–Crippen MR) is 538 cm³/mol. The van der Waals surface area contributed by atoms with Crippen LogP contribution >= 0.6 is 34.0 Å². The van der Waals surface area contributed by atoms with Gasteiger partial charge in [0.05, 0.1) is 140 Å². The molecule has 0 aliphatic carbocycles. The lowest BCUT2D eigenvalue weighted by atomic mass is 9.88. The molecular weight excluding hydrogens is 1990 g/mol. The molecule has 23 nitrogen and oxygen atoms in total. The van der Waals surface area contributed by atoms with E-state index in [0.717, 1.165) is 168 Å². The number of carbonyl (C=O) groups is 4.